The summed E-state index contributed by atoms with van der Waals surface area (Å²) in [5, 5.41) is 11.4. The first-order valence-corrected chi connectivity index (χ1v) is 9.10. The van der Waals surface area contributed by atoms with Gasteiger partial charge in [-0.1, -0.05) is 32.9 Å². The Morgan fingerprint density at radius 2 is 1.54 bits per heavy atom. The summed E-state index contributed by atoms with van der Waals surface area (Å²) < 4.78 is 0. The molecule has 0 aliphatic heterocycles. The molecular formula is C20H25N2O4-. The standard InChI is InChI=1S/C20H26N2O4/c1-20(2,3)14-8-6-11(7-9-14)17(23)21-22-18(24)15-12-4-5-13(10-12)16(15)19(25)26/h6-9,12-13,15-16H,4-5,10H2,1-3H3,(H,21,23)(H,22,24)(H,25,26)/p-1/t12-,13-,15+,16-/m0/s1. The minimum atomic E-state index is -1.17. The molecule has 4 atom stereocenters. The van der Waals surface area contributed by atoms with Crippen LogP contribution in [-0.4, -0.2) is 17.8 Å². The Hall–Kier alpha value is -2.37. The normalized spacial score (nSPS) is 27.2. The van der Waals surface area contributed by atoms with Gasteiger partial charge in [0.2, 0.25) is 5.91 Å². The van der Waals surface area contributed by atoms with Crippen LogP contribution < -0.4 is 16.0 Å². The summed E-state index contributed by atoms with van der Waals surface area (Å²) in [7, 11) is 0. The highest BCUT2D eigenvalue weighted by molar-refractivity contribution is 5.96. The van der Waals surface area contributed by atoms with Crippen LogP contribution in [0.15, 0.2) is 24.3 Å². The first-order chi connectivity index (χ1) is 12.2. The van der Waals surface area contributed by atoms with Crippen LogP contribution in [0, 0.1) is 23.7 Å². The number of hydrogen-bond donors (Lipinski definition) is 2. The molecule has 0 radical (unpaired) electrons. The van der Waals surface area contributed by atoms with Crippen molar-refractivity contribution in [1.82, 2.24) is 10.9 Å². The van der Waals surface area contributed by atoms with E-state index in [2.05, 4.69) is 31.6 Å². The molecule has 1 aromatic carbocycles. The van der Waals surface area contributed by atoms with Crippen LogP contribution in [0.5, 0.6) is 0 Å². The second-order valence-corrected chi connectivity index (χ2v) is 8.47. The average molecular weight is 357 g/mol. The van der Waals surface area contributed by atoms with Gasteiger partial charge in [-0.3, -0.25) is 20.4 Å². The van der Waals surface area contributed by atoms with E-state index in [1.165, 1.54) is 0 Å². The van der Waals surface area contributed by atoms with Gasteiger partial charge in [-0.2, -0.15) is 0 Å². The quantitative estimate of drug-likeness (QED) is 0.793. The second-order valence-electron chi connectivity index (χ2n) is 8.47. The lowest BCUT2D eigenvalue weighted by molar-refractivity contribution is -0.314. The second kappa shape index (κ2) is 6.74. The van der Waals surface area contributed by atoms with Gasteiger partial charge in [0.25, 0.3) is 5.91 Å². The van der Waals surface area contributed by atoms with Gasteiger partial charge in [0.15, 0.2) is 0 Å². The number of carbonyl (C=O) groups excluding carboxylic acids is 3. The Balaban J connectivity index is 1.61. The van der Waals surface area contributed by atoms with Gasteiger partial charge < -0.3 is 9.90 Å². The first-order valence-electron chi connectivity index (χ1n) is 9.10. The van der Waals surface area contributed by atoms with Crippen LogP contribution in [0.2, 0.25) is 0 Å². The van der Waals surface area contributed by atoms with Gasteiger partial charge in [-0.15, -0.1) is 0 Å². The zero-order chi connectivity index (χ0) is 19.1. The van der Waals surface area contributed by atoms with Crippen LogP contribution >= 0.6 is 0 Å². The summed E-state index contributed by atoms with van der Waals surface area (Å²) >= 11 is 0. The number of nitrogens with one attached hydrogen (secondary N) is 2. The van der Waals surface area contributed by atoms with Gasteiger partial charge >= 0.3 is 0 Å². The van der Waals surface area contributed by atoms with Crippen molar-refractivity contribution in [3.63, 3.8) is 0 Å². The summed E-state index contributed by atoms with van der Waals surface area (Å²) in [6, 6.07) is 7.20. The van der Waals surface area contributed by atoms with Crippen LogP contribution in [0.1, 0.15) is 56.0 Å². The van der Waals surface area contributed by atoms with E-state index < -0.39 is 29.6 Å². The van der Waals surface area contributed by atoms with E-state index in [9.17, 15) is 19.5 Å². The minimum Gasteiger partial charge on any atom is -0.550 e. The van der Waals surface area contributed by atoms with Gasteiger partial charge in [0.05, 0.1) is 5.92 Å². The predicted octanol–water partition coefficient (Wildman–Crippen LogP) is 1.16. The fourth-order valence-corrected chi connectivity index (χ4v) is 4.40. The summed E-state index contributed by atoms with van der Waals surface area (Å²) in [4.78, 5) is 36.1. The lowest BCUT2D eigenvalue weighted by Gasteiger charge is -2.30. The third-order valence-electron chi connectivity index (χ3n) is 5.80. The molecule has 0 spiro atoms. The third kappa shape index (κ3) is 3.45. The van der Waals surface area contributed by atoms with Gasteiger partial charge in [0.1, 0.15) is 0 Å². The van der Waals surface area contributed by atoms with Crippen LogP contribution in [-0.2, 0) is 15.0 Å². The van der Waals surface area contributed by atoms with E-state index in [1.807, 2.05) is 12.1 Å². The number of hydrogen-bond acceptors (Lipinski definition) is 4. The molecule has 6 nitrogen and oxygen atoms in total. The Labute approximate surface area is 153 Å². The number of aliphatic carboxylic acids is 1. The molecular weight excluding hydrogens is 332 g/mol. The molecule has 2 amide bonds. The first kappa shape index (κ1) is 18.4. The summed E-state index contributed by atoms with van der Waals surface area (Å²) in [6.07, 6.45) is 2.44. The lowest BCUT2D eigenvalue weighted by atomic mass is 9.79. The third-order valence-corrected chi connectivity index (χ3v) is 5.80. The number of carboxylic acid groups (broad SMARTS) is 1. The van der Waals surface area contributed by atoms with Crippen molar-refractivity contribution in [3.05, 3.63) is 35.4 Å². The van der Waals surface area contributed by atoms with E-state index >= 15 is 0 Å². The number of carboxylic acids is 1. The maximum absolute atomic E-state index is 12.5. The molecule has 2 N–H and O–H groups in total. The number of benzene rings is 1. The monoisotopic (exact) mass is 357 g/mol. The molecule has 2 saturated carbocycles. The molecule has 140 valence electrons. The smallest absolute Gasteiger partial charge is 0.269 e. The molecule has 3 rings (SSSR count). The van der Waals surface area contributed by atoms with Crippen LogP contribution in [0.4, 0.5) is 0 Å². The summed E-state index contributed by atoms with van der Waals surface area (Å²) in [5.41, 5.74) is 6.34. The number of rotatable bonds is 3. The average Bonchev–Trinajstić information content (AvgIpc) is 3.19. The summed E-state index contributed by atoms with van der Waals surface area (Å²) in [5.74, 6) is -3.33. The molecule has 2 aliphatic rings. The number of amides is 2. The van der Waals surface area contributed by atoms with Crippen LogP contribution in [0.25, 0.3) is 0 Å². The molecule has 0 saturated heterocycles. The van der Waals surface area contributed by atoms with Crippen LogP contribution in [0.3, 0.4) is 0 Å². The molecule has 1 aromatic rings. The molecule has 2 bridgehead atoms. The van der Waals surface area contributed by atoms with Gasteiger partial charge in [-0.05, 0) is 54.2 Å². The van der Waals surface area contributed by atoms with Crippen molar-refractivity contribution in [1.29, 1.82) is 0 Å². The van der Waals surface area contributed by atoms with E-state index in [4.69, 9.17) is 0 Å². The van der Waals surface area contributed by atoms with Crippen molar-refractivity contribution in [2.75, 3.05) is 0 Å². The molecule has 26 heavy (non-hydrogen) atoms. The van der Waals surface area contributed by atoms with Crippen molar-refractivity contribution >= 4 is 17.8 Å². The van der Waals surface area contributed by atoms with Crippen molar-refractivity contribution in [2.45, 2.75) is 45.4 Å². The number of carbonyl (C=O) groups is 3. The minimum absolute atomic E-state index is 0.00904. The fraction of sp³-hybridized carbons (Fsp3) is 0.550. The maximum atomic E-state index is 12.5. The zero-order valence-corrected chi connectivity index (χ0v) is 15.4. The number of fused-ring (bicyclic) bond motifs is 2. The molecule has 6 heteroatoms. The highest BCUT2D eigenvalue weighted by Crippen LogP contribution is 2.52. The molecule has 2 fully saturated rings. The molecule has 2 aliphatic carbocycles. The van der Waals surface area contributed by atoms with E-state index in [0.29, 0.717) is 5.56 Å². The molecule has 0 heterocycles. The SMILES string of the molecule is CC(C)(C)c1ccc(C(=O)NNC(=O)[C@@H]2[C@H]3CC[C@@H](C3)[C@@H]2C(=O)[O-])cc1. The molecule has 0 unspecified atom stereocenters. The largest absolute Gasteiger partial charge is 0.550 e. The van der Waals surface area contributed by atoms with Gasteiger partial charge in [-0.25, -0.2) is 0 Å². The fourth-order valence-electron chi connectivity index (χ4n) is 4.40. The number of hydrazine groups is 1. The van der Waals surface area contributed by atoms with E-state index in [-0.39, 0.29) is 17.3 Å². The zero-order valence-electron chi connectivity index (χ0n) is 15.4. The van der Waals surface area contributed by atoms with E-state index in [0.717, 1.165) is 24.8 Å². The highest BCUT2D eigenvalue weighted by atomic mass is 16.4. The van der Waals surface area contributed by atoms with Crippen molar-refractivity contribution < 1.29 is 19.5 Å². The van der Waals surface area contributed by atoms with Gasteiger partial charge in [0, 0.05) is 17.5 Å². The predicted molar refractivity (Wildman–Crippen MR) is 93.6 cm³/mol. The van der Waals surface area contributed by atoms with E-state index in [1.54, 1.807) is 12.1 Å². The Bertz CT molecular complexity index is 720. The topological polar surface area (TPSA) is 98.3 Å². The Morgan fingerprint density at radius 3 is 2.08 bits per heavy atom. The molecule has 0 aromatic heterocycles. The Morgan fingerprint density at radius 1 is 0.962 bits per heavy atom. The Kier molecular flexibility index (Phi) is 4.78. The summed E-state index contributed by atoms with van der Waals surface area (Å²) in [6.45, 7) is 6.27. The lowest BCUT2D eigenvalue weighted by Crippen LogP contribution is -2.50. The van der Waals surface area contributed by atoms with Crippen molar-refractivity contribution in [3.8, 4) is 0 Å². The van der Waals surface area contributed by atoms with Crippen molar-refractivity contribution in [2.24, 2.45) is 23.7 Å². The highest BCUT2D eigenvalue weighted by Gasteiger charge is 2.51. The maximum Gasteiger partial charge on any atom is 0.269 e.